The van der Waals surface area contributed by atoms with E-state index in [0.717, 1.165) is 11.4 Å². The molecule has 0 fully saturated rings. The molecule has 24 heavy (non-hydrogen) atoms. The third-order valence-corrected chi connectivity index (χ3v) is 4.28. The minimum atomic E-state index is -0.120. The summed E-state index contributed by atoms with van der Waals surface area (Å²) in [6.07, 6.45) is 0. The summed E-state index contributed by atoms with van der Waals surface area (Å²) in [7, 11) is 0. The minimum Gasteiger partial charge on any atom is -0.390 e. The van der Waals surface area contributed by atoms with E-state index in [1.54, 1.807) is 23.1 Å². The zero-order valence-electron chi connectivity index (χ0n) is 13.0. The van der Waals surface area contributed by atoms with Gasteiger partial charge in [0.15, 0.2) is 0 Å². The summed E-state index contributed by atoms with van der Waals surface area (Å²) in [6, 6.07) is 7.08. The van der Waals surface area contributed by atoms with Crippen LogP contribution in [0, 0.1) is 0 Å². The molecule has 0 unspecified atom stereocenters. The van der Waals surface area contributed by atoms with Crippen LogP contribution in [0.4, 0.5) is 11.4 Å². The Kier molecular flexibility index (Phi) is 3.46. The predicted molar refractivity (Wildman–Crippen MR) is 86.5 cm³/mol. The number of carbonyl (C=O) groups is 2. The van der Waals surface area contributed by atoms with E-state index < -0.39 is 0 Å². The number of hydrogen-bond acceptors (Lipinski definition) is 5. The molecule has 2 amide bonds. The number of fused-ring (bicyclic) bond motifs is 2. The molecule has 0 bridgehead atoms. The highest BCUT2D eigenvalue weighted by atomic mass is 16.3. The lowest BCUT2D eigenvalue weighted by atomic mass is 10.1. The Bertz CT molecular complexity index is 829. The highest BCUT2D eigenvalue weighted by Gasteiger charge is 2.24. The number of aliphatic hydroxyl groups excluding tert-OH is 1. The highest BCUT2D eigenvalue weighted by Crippen LogP contribution is 2.27. The molecule has 2 aromatic rings. The van der Waals surface area contributed by atoms with Crippen molar-refractivity contribution in [3.8, 4) is 0 Å². The van der Waals surface area contributed by atoms with Crippen LogP contribution in [0.25, 0.3) is 0 Å². The van der Waals surface area contributed by atoms with E-state index in [2.05, 4.69) is 15.7 Å². The van der Waals surface area contributed by atoms with Crippen molar-refractivity contribution in [2.75, 3.05) is 23.7 Å². The van der Waals surface area contributed by atoms with E-state index in [9.17, 15) is 14.7 Å². The first-order valence-corrected chi connectivity index (χ1v) is 7.77. The monoisotopic (exact) mass is 327 g/mol. The third-order valence-electron chi connectivity index (χ3n) is 4.28. The fraction of sp³-hybridized carbons (Fsp3) is 0.312. The van der Waals surface area contributed by atoms with Crippen molar-refractivity contribution in [1.29, 1.82) is 0 Å². The molecule has 8 nitrogen and oxygen atoms in total. The molecule has 1 aromatic heterocycles. The average Bonchev–Trinajstić information content (AvgIpc) is 3.02. The molecule has 0 saturated carbocycles. The average molecular weight is 327 g/mol. The van der Waals surface area contributed by atoms with E-state index in [1.165, 1.54) is 0 Å². The summed E-state index contributed by atoms with van der Waals surface area (Å²) in [5, 5.41) is 19.2. The number of carbonyl (C=O) groups excluding carboxylic acids is 2. The molecule has 124 valence electrons. The van der Waals surface area contributed by atoms with Gasteiger partial charge in [-0.2, -0.15) is 5.10 Å². The van der Waals surface area contributed by atoms with E-state index in [1.807, 2.05) is 10.7 Å². The van der Waals surface area contributed by atoms with Crippen molar-refractivity contribution in [2.24, 2.45) is 0 Å². The van der Waals surface area contributed by atoms with Gasteiger partial charge < -0.3 is 20.6 Å². The fourth-order valence-electron chi connectivity index (χ4n) is 3.06. The zero-order chi connectivity index (χ0) is 16.7. The second kappa shape index (κ2) is 5.64. The maximum absolute atomic E-state index is 12.8. The summed E-state index contributed by atoms with van der Waals surface area (Å²) >= 11 is 0. The minimum absolute atomic E-state index is 0.0874. The van der Waals surface area contributed by atoms with Gasteiger partial charge in [0.25, 0.3) is 5.91 Å². The molecule has 1 aromatic carbocycles. The van der Waals surface area contributed by atoms with Crippen molar-refractivity contribution in [2.45, 2.75) is 19.7 Å². The Labute approximate surface area is 138 Å². The van der Waals surface area contributed by atoms with Gasteiger partial charge in [-0.3, -0.25) is 14.3 Å². The summed E-state index contributed by atoms with van der Waals surface area (Å²) in [5.41, 5.74) is 3.50. The summed E-state index contributed by atoms with van der Waals surface area (Å²) in [5.74, 6) is -0.207. The van der Waals surface area contributed by atoms with Crippen molar-refractivity contribution in [3.05, 3.63) is 41.2 Å². The first-order valence-electron chi connectivity index (χ1n) is 7.77. The lowest BCUT2D eigenvalue weighted by molar-refractivity contribution is -0.114. The molecule has 0 atom stereocenters. The van der Waals surface area contributed by atoms with Crippen LogP contribution in [0.15, 0.2) is 24.3 Å². The van der Waals surface area contributed by atoms with Crippen molar-refractivity contribution in [3.63, 3.8) is 0 Å². The molecule has 4 rings (SSSR count). The second-order valence-electron chi connectivity index (χ2n) is 5.90. The number of hydrogen-bond donors (Lipinski definition) is 3. The van der Waals surface area contributed by atoms with Gasteiger partial charge in [-0.25, -0.2) is 0 Å². The Balaban J connectivity index is 1.56. The maximum Gasteiger partial charge on any atom is 0.254 e. The van der Waals surface area contributed by atoms with Crippen LogP contribution in [0.2, 0.25) is 0 Å². The Morgan fingerprint density at radius 2 is 2.12 bits per heavy atom. The van der Waals surface area contributed by atoms with Crippen LogP contribution in [0.3, 0.4) is 0 Å². The molecular weight excluding hydrogens is 310 g/mol. The number of anilines is 2. The van der Waals surface area contributed by atoms with E-state index in [0.29, 0.717) is 36.6 Å². The lowest BCUT2D eigenvalue weighted by Gasteiger charge is -2.28. The van der Waals surface area contributed by atoms with Crippen molar-refractivity contribution >= 4 is 23.2 Å². The fourth-order valence-corrected chi connectivity index (χ4v) is 3.06. The summed E-state index contributed by atoms with van der Waals surface area (Å²) in [4.78, 5) is 26.0. The van der Waals surface area contributed by atoms with Gasteiger partial charge in [0.1, 0.15) is 0 Å². The molecule has 0 aliphatic carbocycles. The zero-order valence-corrected chi connectivity index (χ0v) is 13.0. The lowest BCUT2D eigenvalue weighted by Crippen LogP contribution is -2.38. The Hall–Kier alpha value is -2.87. The third kappa shape index (κ3) is 2.50. The number of benzene rings is 1. The smallest absolute Gasteiger partial charge is 0.254 e. The summed E-state index contributed by atoms with van der Waals surface area (Å²) in [6.45, 7) is 1.74. The van der Waals surface area contributed by atoms with E-state index >= 15 is 0 Å². The largest absolute Gasteiger partial charge is 0.390 e. The van der Waals surface area contributed by atoms with Gasteiger partial charge >= 0.3 is 0 Å². The van der Waals surface area contributed by atoms with Gasteiger partial charge in [0, 0.05) is 12.1 Å². The molecule has 3 N–H and O–H groups in total. The van der Waals surface area contributed by atoms with Crippen molar-refractivity contribution < 1.29 is 14.7 Å². The molecular formula is C16H17N5O3. The molecule has 2 aliphatic rings. The number of aliphatic hydroxyl groups is 1. The van der Waals surface area contributed by atoms with Gasteiger partial charge in [0.05, 0.1) is 49.0 Å². The summed E-state index contributed by atoms with van der Waals surface area (Å²) < 4.78 is 1.83. The molecule has 0 radical (unpaired) electrons. The van der Waals surface area contributed by atoms with Gasteiger partial charge in [-0.05, 0) is 24.3 Å². The molecule has 3 heterocycles. The van der Waals surface area contributed by atoms with Gasteiger partial charge in [-0.1, -0.05) is 0 Å². The molecule has 8 heteroatoms. The van der Waals surface area contributed by atoms with Gasteiger partial charge in [-0.15, -0.1) is 0 Å². The number of aromatic nitrogens is 2. The number of nitrogens with one attached hydrogen (secondary N) is 2. The van der Waals surface area contributed by atoms with Crippen LogP contribution in [-0.2, 0) is 24.5 Å². The Morgan fingerprint density at radius 3 is 2.96 bits per heavy atom. The van der Waals surface area contributed by atoms with E-state index in [4.69, 9.17) is 0 Å². The highest BCUT2D eigenvalue weighted by molar-refractivity contribution is 6.03. The van der Waals surface area contributed by atoms with Crippen LogP contribution in [0.5, 0.6) is 0 Å². The van der Waals surface area contributed by atoms with Crippen LogP contribution < -0.4 is 10.6 Å². The first kappa shape index (κ1) is 14.7. The van der Waals surface area contributed by atoms with Crippen LogP contribution in [-0.4, -0.2) is 44.7 Å². The standard InChI is InChI=1S/C16H17N5O3/c22-9-11-6-12-8-20(3-4-21(12)19-11)16(24)10-1-2-13-14(5-10)18-15(23)7-17-13/h1-2,5-6,17,22H,3-4,7-9H2,(H,18,23). The topological polar surface area (TPSA) is 99.5 Å². The quantitative estimate of drug-likeness (QED) is 0.741. The molecule has 0 spiro atoms. The number of rotatable bonds is 2. The van der Waals surface area contributed by atoms with Gasteiger partial charge in [0.2, 0.25) is 5.91 Å². The maximum atomic E-state index is 12.8. The SMILES string of the molecule is O=C1CNc2ccc(C(=O)N3CCn4nc(CO)cc4C3)cc2N1. The number of nitrogens with zero attached hydrogens (tertiary/aromatic N) is 3. The number of amides is 2. The van der Waals surface area contributed by atoms with Crippen molar-refractivity contribution in [1.82, 2.24) is 14.7 Å². The second-order valence-corrected chi connectivity index (χ2v) is 5.90. The Morgan fingerprint density at radius 1 is 1.25 bits per heavy atom. The van der Waals surface area contributed by atoms with Crippen LogP contribution >= 0.6 is 0 Å². The molecule has 0 saturated heterocycles. The normalized spacial score (nSPS) is 16.0. The van der Waals surface area contributed by atoms with Crippen LogP contribution in [0.1, 0.15) is 21.7 Å². The van der Waals surface area contributed by atoms with E-state index in [-0.39, 0.29) is 25.0 Å². The predicted octanol–water partition coefficient (Wildman–Crippen LogP) is 0.395. The first-order chi connectivity index (χ1) is 11.6. The molecule has 2 aliphatic heterocycles.